The number of benzene rings is 1. The van der Waals surface area contributed by atoms with Crippen LogP contribution in [0.25, 0.3) is 0 Å². The Labute approximate surface area is 118 Å². The minimum absolute atomic E-state index is 0.125. The quantitative estimate of drug-likeness (QED) is 0.425. The predicted octanol–water partition coefficient (Wildman–Crippen LogP) is 1.16. The second kappa shape index (κ2) is 8.66. The predicted molar refractivity (Wildman–Crippen MR) is 81.8 cm³/mol. The van der Waals surface area contributed by atoms with Gasteiger partial charge in [-0.2, -0.15) is 11.8 Å². The second-order valence-electron chi connectivity index (χ2n) is 4.00. The monoisotopic (exact) mass is 283 g/mol. The Morgan fingerprint density at radius 1 is 1.42 bits per heavy atom. The van der Waals surface area contributed by atoms with E-state index in [4.69, 9.17) is 10.8 Å². The molecule has 0 fully saturated rings. The van der Waals surface area contributed by atoms with Gasteiger partial charge in [0.15, 0.2) is 0 Å². The number of aliphatic hydroxyl groups excluding tert-OH is 1. The van der Waals surface area contributed by atoms with Gasteiger partial charge in [0.2, 0.25) is 0 Å². The summed E-state index contributed by atoms with van der Waals surface area (Å²) in [6.07, 6.45) is 0.818. The third kappa shape index (κ3) is 5.40. The molecule has 106 valence electrons. The van der Waals surface area contributed by atoms with E-state index in [-0.39, 0.29) is 12.5 Å². The van der Waals surface area contributed by atoms with Crippen molar-refractivity contribution in [2.45, 2.75) is 6.42 Å². The first-order valence-electron chi connectivity index (χ1n) is 6.23. The molecule has 0 unspecified atom stereocenters. The van der Waals surface area contributed by atoms with E-state index >= 15 is 0 Å². The van der Waals surface area contributed by atoms with Gasteiger partial charge in [-0.15, -0.1) is 0 Å². The Bertz CT molecular complexity index is 413. The van der Waals surface area contributed by atoms with Crippen LogP contribution in [0, 0.1) is 0 Å². The van der Waals surface area contributed by atoms with Crippen molar-refractivity contribution in [3.63, 3.8) is 0 Å². The lowest BCUT2D eigenvalue weighted by Gasteiger charge is -2.10. The molecule has 0 bridgehead atoms. The fourth-order valence-corrected chi connectivity index (χ4v) is 2.31. The number of nitrogens with one attached hydrogen (secondary N) is 2. The molecule has 0 saturated heterocycles. The van der Waals surface area contributed by atoms with Gasteiger partial charge >= 0.3 is 0 Å². The average Bonchev–Trinajstić information content (AvgIpc) is 2.43. The third-order valence-corrected chi connectivity index (χ3v) is 3.62. The Balaban J connectivity index is 2.46. The number of carbonyl (C=O) groups excluding carboxylic acids is 1. The van der Waals surface area contributed by atoms with E-state index in [1.165, 1.54) is 0 Å². The Hall–Kier alpha value is -1.40. The molecule has 0 saturated carbocycles. The maximum absolute atomic E-state index is 11.5. The van der Waals surface area contributed by atoms with E-state index in [1.807, 2.05) is 0 Å². The molecule has 0 aliphatic carbocycles. The summed E-state index contributed by atoms with van der Waals surface area (Å²) in [4.78, 5) is 11.5. The normalized spacial score (nSPS) is 10.2. The summed E-state index contributed by atoms with van der Waals surface area (Å²) in [7, 11) is 1.60. The number of nitrogen functional groups attached to an aromatic ring is 1. The van der Waals surface area contributed by atoms with Crippen molar-refractivity contribution in [3.8, 4) is 0 Å². The molecule has 1 rings (SSSR count). The van der Waals surface area contributed by atoms with Gasteiger partial charge < -0.3 is 21.5 Å². The van der Waals surface area contributed by atoms with Crippen LogP contribution < -0.4 is 16.4 Å². The van der Waals surface area contributed by atoms with Crippen molar-refractivity contribution in [2.75, 3.05) is 42.8 Å². The zero-order valence-corrected chi connectivity index (χ0v) is 11.9. The van der Waals surface area contributed by atoms with Crippen molar-refractivity contribution >= 4 is 29.0 Å². The molecule has 0 aliphatic heterocycles. The molecule has 1 amide bonds. The zero-order valence-electron chi connectivity index (χ0n) is 11.1. The molecule has 5 N–H and O–H groups in total. The average molecular weight is 283 g/mol. The van der Waals surface area contributed by atoms with E-state index in [0.29, 0.717) is 11.3 Å². The molecular formula is C13H21N3O2S. The summed E-state index contributed by atoms with van der Waals surface area (Å²) in [5.41, 5.74) is 7.86. The lowest BCUT2D eigenvalue weighted by atomic mass is 10.1. The number of hydrogen-bond acceptors (Lipinski definition) is 5. The van der Waals surface area contributed by atoms with Gasteiger partial charge in [0.25, 0.3) is 5.91 Å². The minimum atomic E-state index is -0.125. The Morgan fingerprint density at radius 2 is 2.21 bits per heavy atom. The van der Waals surface area contributed by atoms with Crippen LogP contribution in [0.3, 0.4) is 0 Å². The minimum Gasteiger partial charge on any atom is -0.397 e. The summed E-state index contributed by atoms with van der Waals surface area (Å²) in [5, 5.41) is 14.5. The first kappa shape index (κ1) is 15.7. The van der Waals surface area contributed by atoms with Crippen LogP contribution in [-0.4, -0.2) is 42.7 Å². The summed E-state index contributed by atoms with van der Waals surface area (Å²) in [6, 6.07) is 5.19. The molecule has 1 aromatic rings. The summed E-state index contributed by atoms with van der Waals surface area (Å²) in [6.45, 7) is 1.01. The van der Waals surface area contributed by atoms with Gasteiger partial charge in [-0.05, 0) is 30.4 Å². The number of anilines is 2. The van der Waals surface area contributed by atoms with Crippen LogP contribution in [-0.2, 0) is 0 Å². The fraction of sp³-hybridized carbons (Fsp3) is 0.462. The molecule has 0 radical (unpaired) electrons. The van der Waals surface area contributed by atoms with Crippen molar-refractivity contribution in [2.24, 2.45) is 0 Å². The highest BCUT2D eigenvalue weighted by molar-refractivity contribution is 7.99. The number of amides is 1. The molecular weight excluding hydrogens is 262 g/mol. The smallest absolute Gasteiger partial charge is 0.251 e. The highest BCUT2D eigenvalue weighted by atomic mass is 32.2. The number of nitrogens with two attached hydrogens (primary N) is 1. The van der Waals surface area contributed by atoms with Crippen molar-refractivity contribution in [3.05, 3.63) is 23.8 Å². The van der Waals surface area contributed by atoms with E-state index in [9.17, 15) is 4.79 Å². The van der Waals surface area contributed by atoms with Gasteiger partial charge in [0.1, 0.15) is 0 Å². The summed E-state index contributed by atoms with van der Waals surface area (Å²) >= 11 is 1.78. The van der Waals surface area contributed by atoms with Gasteiger partial charge in [-0.25, -0.2) is 0 Å². The topological polar surface area (TPSA) is 87.4 Å². The van der Waals surface area contributed by atoms with Crippen LogP contribution in [0.1, 0.15) is 16.8 Å². The van der Waals surface area contributed by atoms with Crippen LogP contribution in [0.5, 0.6) is 0 Å². The first-order chi connectivity index (χ1) is 9.19. The van der Waals surface area contributed by atoms with Crippen molar-refractivity contribution in [1.82, 2.24) is 5.32 Å². The molecule has 0 heterocycles. The molecule has 1 aromatic carbocycles. The van der Waals surface area contributed by atoms with Gasteiger partial charge in [0, 0.05) is 31.5 Å². The highest BCUT2D eigenvalue weighted by Crippen LogP contribution is 2.20. The van der Waals surface area contributed by atoms with E-state index in [1.54, 1.807) is 37.0 Å². The number of rotatable bonds is 8. The van der Waals surface area contributed by atoms with Gasteiger partial charge in [0.05, 0.1) is 11.4 Å². The van der Waals surface area contributed by atoms with Crippen LogP contribution >= 0.6 is 11.8 Å². The molecule has 0 spiro atoms. The molecule has 0 aromatic heterocycles. The summed E-state index contributed by atoms with van der Waals surface area (Å²) in [5.74, 6) is 1.76. The van der Waals surface area contributed by atoms with E-state index in [2.05, 4.69) is 10.6 Å². The standard InChI is InChI=1S/C13H21N3O2S/c1-15-13(18)10-3-4-11(14)12(9-10)16-5-8-19-7-2-6-17/h3-4,9,16-17H,2,5-8,14H2,1H3,(H,15,18). The highest BCUT2D eigenvalue weighted by Gasteiger charge is 2.06. The third-order valence-electron chi connectivity index (χ3n) is 2.55. The van der Waals surface area contributed by atoms with E-state index < -0.39 is 0 Å². The van der Waals surface area contributed by atoms with Crippen molar-refractivity contribution < 1.29 is 9.90 Å². The molecule has 5 nitrogen and oxygen atoms in total. The SMILES string of the molecule is CNC(=O)c1ccc(N)c(NCCSCCCO)c1. The number of hydrogen-bond donors (Lipinski definition) is 4. The lowest BCUT2D eigenvalue weighted by Crippen LogP contribution is -2.18. The zero-order chi connectivity index (χ0) is 14.1. The largest absolute Gasteiger partial charge is 0.397 e. The van der Waals surface area contributed by atoms with Gasteiger partial charge in [-0.3, -0.25) is 4.79 Å². The van der Waals surface area contributed by atoms with Gasteiger partial charge in [-0.1, -0.05) is 0 Å². The van der Waals surface area contributed by atoms with Crippen molar-refractivity contribution in [1.29, 1.82) is 0 Å². The first-order valence-corrected chi connectivity index (χ1v) is 7.38. The lowest BCUT2D eigenvalue weighted by molar-refractivity contribution is 0.0963. The fourth-order valence-electron chi connectivity index (χ4n) is 1.52. The number of thioether (sulfide) groups is 1. The summed E-state index contributed by atoms with van der Waals surface area (Å²) < 4.78 is 0. The Kier molecular flexibility index (Phi) is 7.14. The van der Waals surface area contributed by atoms with Crippen LogP contribution in [0.4, 0.5) is 11.4 Å². The number of aliphatic hydroxyl groups is 1. The second-order valence-corrected chi connectivity index (χ2v) is 5.22. The molecule has 6 heteroatoms. The Morgan fingerprint density at radius 3 is 2.89 bits per heavy atom. The number of carbonyl (C=O) groups is 1. The maximum Gasteiger partial charge on any atom is 0.251 e. The molecule has 0 aliphatic rings. The van der Waals surface area contributed by atoms with E-state index in [0.717, 1.165) is 30.2 Å². The molecule has 0 atom stereocenters. The van der Waals surface area contributed by atoms with Crippen LogP contribution in [0.15, 0.2) is 18.2 Å². The molecule has 19 heavy (non-hydrogen) atoms. The maximum atomic E-state index is 11.5. The van der Waals surface area contributed by atoms with Crippen LogP contribution in [0.2, 0.25) is 0 Å².